The topological polar surface area (TPSA) is 38.3 Å². The van der Waals surface area contributed by atoms with Crippen LogP contribution in [0.15, 0.2) is 0 Å². The van der Waals surface area contributed by atoms with Gasteiger partial charge in [0.1, 0.15) is 0 Å². The van der Waals surface area contributed by atoms with E-state index in [4.69, 9.17) is 4.74 Å². The molecular weight excluding hydrogens is 118 g/mol. The second-order valence-corrected chi connectivity index (χ2v) is 1.97. The van der Waals surface area contributed by atoms with Crippen LogP contribution in [0.3, 0.4) is 0 Å². The zero-order chi connectivity index (χ0) is 7.28. The maximum atomic E-state index is 10.7. The van der Waals surface area contributed by atoms with Crippen molar-refractivity contribution in [3.8, 4) is 0 Å². The number of carbonyl (C=O) groups excluding carboxylic acids is 1. The van der Waals surface area contributed by atoms with E-state index in [9.17, 15) is 4.79 Å². The quantitative estimate of drug-likeness (QED) is 0.586. The van der Waals surface area contributed by atoms with Gasteiger partial charge in [-0.3, -0.25) is 4.79 Å². The third-order valence-electron chi connectivity index (χ3n) is 1.11. The molecule has 0 aromatic heterocycles. The van der Waals surface area contributed by atoms with Crippen molar-refractivity contribution < 1.29 is 9.53 Å². The van der Waals surface area contributed by atoms with Gasteiger partial charge in [-0.15, -0.1) is 0 Å². The molecular formula is C6H13NO2. The van der Waals surface area contributed by atoms with Crippen molar-refractivity contribution in [3.05, 3.63) is 0 Å². The van der Waals surface area contributed by atoms with Crippen LogP contribution in [0, 0.1) is 5.92 Å². The standard InChI is InChI=1S/C6H13NO2/c1-5(4-9-3)6(8)7-2/h5H,4H2,1-3H3,(H,7,8). The number of methoxy groups -OCH3 is 1. The summed E-state index contributed by atoms with van der Waals surface area (Å²) in [5.41, 5.74) is 0. The van der Waals surface area contributed by atoms with Gasteiger partial charge in [-0.2, -0.15) is 0 Å². The Morgan fingerprint density at radius 3 is 2.67 bits per heavy atom. The highest BCUT2D eigenvalue weighted by Crippen LogP contribution is 1.92. The molecule has 9 heavy (non-hydrogen) atoms. The molecule has 3 nitrogen and oxygen atoms in total. The largest absolute Gasteiger partial charge is 0.384 e. The highest BCUT2D eigenvalue weighted by Gasteiger charge is 2.08. The maximum absolute atomic E-state index is 10.7. The zero-order valence-corrected chi connectivity index (χ0v) is 6.10. The number of nitrogens with one attached hydrogen (secondary N) is 1. The Labute approximate surface area is 55.4 Å². The van der Waals surface area contributed by atoms with Crippen molar-refractivity contribution in [2.24, 2.45) is 5.92 Å². The first-order valence-corrected chi connectivity index (χ1v) is 2.93. The smallest absolute Gasteiger partial charge is 0.224 e. The van der Waals surface area contributed by atoms with E-state index in [1.54, 1.807) is 14.2 Å². The average molecular weight is 131 g/mol. The summed E-state index contributed by atoms with van der Waals surface area (Å²) in [7, 11) is 3.20. The Hall–Kier alpha value is -0.570. The van der Waals surface area contributed by atoms with Gasteiger partial charge in [-0.1, -0.05) is 6.92 Å². The first-order valence-electron chi connectivity index (χ1n) is 2.93. The first kappa shape index (κ1) is 8.43. The van der Waals surface area contributed by atoms with Gasteiger partial charge in [0, 0.05) is 14.2 Å². The summed E-state index contributed by atoms with van der Waals surface area (Å²) in [5, 5.41) is 2.53. The summed E-state index contributed by atoms with van der Waals surface area (Å²) in [6.45, 7) is 2.31. The zero-order valence-electron chi connectivity index (χ0n) is 6.10. The lowest BCUT2D eigenvalue weighted by molar-refractivity contribution is -0.125. The second kappa shape index (κ2) is 4.32. The Bertz CT molecular complexity index is 93.1. The Balaban J connectivity index is 3.45. The van der Waals surface area contributed by atoms with Crippen LogP contribution in [0.1, 0.15) is 6.92 Å². The average Bonchev–Trinajstić information content (AvgIpc) is 1.87. The van der Waals surface area contributed by atoms with Crippen molar-refractivity contribution in [2.45, 2.75) is 6.92 Å². The monoisotopic (exact) mass is 131 g/mol. The van der Waals surface area contributed by atoms with Crippen molar-refractivity contribution in [2.75, 3.05) is 20.8 Å². The minimum atomic E-state index is -0.0417. The minimum Gasteiger partial charge on any atom is -0.384 e. The molecule has 0 radical (unpaired) electrons. The van der Waals surface area contributed by atoms with Gasteiger partial charge in [-0.25, -0.2) is 0 Å². The Morgan fingerprint density at radius 2 is 2.33 bits per heavy atom. The molecule has 1 amide bonds. The lowest BCUT2D eigenvalue weighted by Gasteiger charge is -2.06. The number of carbonyl (C=O) groups is 1. The molecule has 0 aliphatic carbocycles. The highest BCUT2D eigenvalue weighted by molar-refractivity contribution is 5.77. The molecule has 1 N–H and O–H groups in total. The van der Waals surface area contributed by atoms with Crippen molar-refractivity contribution in [1.29, 1.82) is 0 Å². The summed E-state index contributed by atoms with van der Waals surface area (Å²) in [6.07, 6.45) is 0. The minimum absolute atomic E-state index is 0.0249. The van der Waals surface area contributed by atoms with Gasteiger partial charge in [0.25, 0.3) is 0 Å². The molecule has 0 aliphatic rings. The number of rotatable bonds is 3. The van der Waals surface area contributed by atoms with Crippen LogP contribution in [0.5, 0.6) is 0 Å². The molecule has 1 unspecified atom stereocenters. The van der Waals surface area contributed by atoms with Crippen LogP contribution in [0.25, 0.3) is 0 Å². The summed E-state index contributed by atoms with van der Waals surface area (Å²) >= 11 is 0. The van der Waals surface area contributed by atoms with Crippen LogP contribution in [0.4, 0.5) is 0 Å². The fourth-order valence-electron chi connectivity index (χ4n) is 0.572. The fraction of sp³-hybridized carbons (Fsp3) is 0.833. The molecule has 0 bridgehead atoms. The summed E-state index contributed by atoms with van der Waals surface area (Å²) < 4.78 is 4.77. The molecule has 0 fully saturated rings. The van der Waals surface area contributed by atoms with Gasteiger partial charge >= 0.3 is 0 Å². The van der Waals surface area contributed by atoms with Crippen LogP contribution < -0.4 is 5.32 Å². The van der Waals surface area contributed by atoms with Crippen molar-refractivity contribution in [3.63, 3.8) is 0 Å². The van der Waals surface area contributed by atoms with Crippen LogP contribution in [-0.4, -0.2) is 26.7 Å². The molecule has 0 heterocycles. The molecule has 0 rings (SSSR count). The van der Waals surface area contributed by atoms with E-state index in [0.717, 1.165) is 0 Å². The van der Waals surface area contributed by atoms with Gasteiger partial charge in [0.2, 0.25) is 5.91 Å². The number of amides is 1. The van der Waals surface area contributed by atoms with E-state index in [0.29, 0.717) is 6.61 Å². The summed E-state index contributed by atoms with van der Waals surface area (Å²) in [4.78, 5) is 10.7. The predicted molar refractivity (Wildman–Crippen MR) is 35.1 cm³/mol. The molecule has 3 heteroatoms. The van der Waals surface area contributed by atoms with Crippen molar-refractivity contribution >= 4 is 5.91 Å². The molecule has 0 saturated heterocycles. The summed E-state index contributed by atoms with van der Waals surface area (Å²) in [6, 6.07) is 0. The third kappa shape index (κ3) is 3.08. The third-order valence-corrected chi connectivity index (χ3v) is 1.11. The molecule has 1 atom stereocenters. The van der Waals surface area contributed by atoms with Gasteiger partial charge < -0.3 is 10.1 Å². The molecule has 54 valence electrons. The Morgan fingerprint density at radius 1 is 1.78 bits per heavy atom. The van der Waals surface area contributed by atoms with E-state index >= 15 is 0 Å². The van der Waals surface area contributed by atoms with Gasteiger partial charge in [-0.05, 0) is 0 Å². The normalized spacial score (nSPS) is 12.8. The molecule has 0 aromatic rings. The summed E-state index contributed by atoms with van der Waals surface area (Å²) in [5.74, 6) is -0.0168. The highest BCUT2D eigenvalue weighted by atomic mass is 16.5. The first-order chi connectivity index (χ1) is 4.22. The second-order valence-electron chi connectivity index (χ2n) is 1.97. The van der Waals surface area contributed by atoms with Crippen LogP contribution in [0.2, 0.25) is 0 Å². The molecule has 0 aliphatic heterocycles. The van der Waals surface area contributed by atoms with E-state index in [1.807, 2.05) is 6.92 Å². The SMILES string of the molecule is CNC(=O)C(C)COC. The molecule has 0 saturated carbocycles. The lowest BCUT2D eigenvalue weighted by Crippen LogP contribution is -2.27. The fourth-order valence-corrected chi connectivity index (χ4v) is 0.572. The number of hydrogen-bond donors (Lipinski definition) is 1. The van der Waals surface area contributed by atoms with E-state index in [-0.39, 0.29) is 11.8 Å². The predicted octanol–water partition coefficient (Wildman–Crippen LogP) is 0.0149. The van der Waals surface area contributed by atoms with E-state index < -0.39 is 0 Å². The lowest BCUT2D eigenvalue weighted by atomic mass is 10.2. The van der Waals surface area contributed by atoms with E-state index in [2.05, 4.69) is 5.32 Å². The molecule has 0 aromatic carbocycles. The van der Waals surface area contributed by atoms with Crippen LogP contribution >= 0.6 is 0 Å². The van der Waals surface area contributed by atoms with Crippen molar-refractivity contribution in [1.82, 2.24) is 5.32 Å². The van der Waals surface area contributed by atoms with Gasteiger partial charge in [0.05, 0.1) is 12.5 Å². The van der Waals surface area contributed by atoms with Crippen LogP contribution in [-0.2, 0) is 9.53 Å². The van der Waals surface area contributed by atoms with Gasteiger partial charge in [0.15, 0.2) is 0 Å². The number of ether oxygens (including phenoxy) is 1. The molecule has 0 spiro atoms. The van der Waals surface area contributed by atoms with E-state index in [1.165, 1.54) is 0 Å². The Kier molecular flexibility index (Phi) is 4.05. The number of hydrogen-bond acceptors (Lipinski definition) is 2. The maximum Gasteiger partial charge on any atom is 0.224 e.